The molecule has 0 aliphatic rings. The number of carbonyl (C=O) groups is 1. The van der Waals surface area contributed by atoms with E-state index in [4.69, 9.17) is 5.11 Å². The number of benzene rings is 1. The summed E-state index contributed by atoms with van der Waals surface area (Å²) in [5.74, 6) is -1.88. The Kier molecular flexibility index (Phi) is 5.05. The van der Waals surface area contributed by atoms with E-state index in [-0.39, 0.29) is 17.0 Å². The summed E-state index contributed by atoms with van der Waals surface area (Å²) in [5, 5.41) is 8.47. The number of nitrogens with one attached hydrogen (secondary N) is 1. The largest absolute Gasteiger partial charge is 0.478 e. The molecule has 0 radical (unpaired) electrons. The van der Waals surface area contributed by atoms with Gasteiger partial charge in [-0.3, -0.25) is 4.72 Å². The van der Waals surface area contributed by atoms with E-state index in [0.29, 0.717) is 6.42 Å². The summed E-state index contributed by atoms with van der Waals surface area (Å²) in [6.07, 6.45) is 2.31. The predicted octanol–water partition coefficient (Wildman–Crippen LogP) is 2.08. The van der Waals surface area contributed by atoms with Crippen LogP contribution in [0.2, 0.25) is 0 Å². The summed E-state index contributed by atoms with van der Waals surface area (Å²) in [6, 6.07) is 3.59. The number of anilines is 1. The minimum atomic E-state index is -3.46. The third kappa shape index (κ3) is 5.09. The fourth-order valence-corrected chi connectivity index (χ4v) is 2.52. The topological polar surface area (TPSA) is 83.5 Å². The number of aliphatic carboxylic acids is 1. The van der Waals surface area contributed by atoms with Crippen molar-refractivity contribution in [2.45, 2.75) is 13.3 Å². The first-order chi connectivity index (χ1) is 8.84. The molecule has 0 aliphatic heterocycles. The van der Waals surface area contributed by atoms with Crippen molar-refractivity contribution in [1.82, 2.24) is 0 Å². The number of sulfonamides is 1. The zero-order valence-corrected chi connectivity index (χ0v) is 11.1. The van der Waals surface area contributed by atoms with Crippen LogP contribution in [0.4, 0.5) is 10.1 Å². The van der Waals surface area contributed by atoms with Gasteiger partial charge in [0.05, 0.1) is 5.75 Å². The quantitative estimate of drug-likeness (QED) is 0.785. The van der Waals surface area contributed by atoms with Crippen LogP contribution in [0.1, 0.15) is 18.9 Å². The predicted molar refractivity (Wildman–Crippen MR) is 70.8 cm³/mol. The average Bonchev–Trinajstić information content (AvgIpc) is 2.29. The van der Waals surface area contributed by atoms with Gasteiger partial charge in [0, 0.05) is 17.3 Å². The molecular formula is C12H14FNO4S. The molecule has 0 atom stereocenters. The Bertz CT molecular complexity index is 596. The lowest BCUT2D eigenvalue weighted by atomic mass is 10.2. The molecule has 0 saturated carbocycles. The van der Waals surface area contributed by atoms with Crippen LogP contribution in [-0.2, 0) is 14.8 Å². The fraction of sp³-hybridized carbons (Fsp3) is 0.250. The van der Waals surface area contributed by atoms with Gasteiger partial charge in [0.15, 0.2) is 0 Å². The van der Waals surface area contributed by atoms with Crippen molar-refractivity contribution in [3.63, 3.8) is 0 Å². The maximum Gasteiger partial charge on any atom is 0.328 e. The summed E-state index contributed by atoms with van der Waals surface area (Å²) in [7, 11) is -3.46. The lowest BCUT2D eigenvalue weighted by Gasteiger charge is -2.08. The van der Waals surface area contributed by atoms with E-state index < -0.39 is 21.8 Å². The van der Waals surface area contributed by atoms with Crippen molar-refractivity contribution < 1.29 is 22.7 Å². The lowest BCUT2D eigenvalue weighted by molar-refractivity contribution is -0.131. The Morgan fingerprint density at radius 1 is 1.47 bits per heavy atom. The van der Waals surface area contributed by atoms with Crippen LogP contribution in [0.5, 0.6) is 0 Å². The van der Waals surface area contributed by atoms with Gasteiger partial charge in [-0.05, 0) is 30.7 Å². The molecule has 0 spiro atoms. The first kappa shape index (κ1) is 15.2. The molecule has 0 aliphatic carbocycles. The van der Waals surface area contributed by atoms with Crippen molar-refractivity contribution in [3.05, 3.63) is 35.7 Å². The van der Waals surface area contributed by atoms with Crippen molar-refractivity contribution in [2.24, 2.45) is 0 Å². The Labute approximate surface area is 110 Å². The van der Waals surface area contributed by atoms with E-state index in [1.165, 1.54) is 12.1 Å². The molecular weight excluding hydrogens is 273 g/mol. The zero-order chi connectivity index (χ0) is 14.5. The van der Waals surface area contributed by atoms with E-state index in [1.807, 2.05) is 0 Å². The van der Waals surface area contributed by atoms with Crippen LogP contribution in [0.25, 0.3) is 6.08 Å². The Morgan fingerprint density at radius 2 is 2.16 bits per heavy atom. The highest BCUT2D eigenvalue weighted by Gasteiger charge is 2.10. The van der Waals surface area contributed by atoms with Gasteiger partial charge in [-0.25, -0.2) is 17.6 Å². The van der Waals surface area contributed by atoms with E-state index in [2.05, 4.69) is 4.72 Å². The van der Waals surface area contributed by atoms with E-state index in [9.17, 15) is 17.6 Å². The molecule has 0 bridgehead atoms. The molecule has 5 nitrogen and oxygen atoms in total. The highest BCUT2D eigenvalue weighted by atomic mass is 32.2. The number of carboxylic acid groups (broad SMARTS) is 1. The molecule has 2 N–H and O–H groups in total. The number of carboxylic acids is 1. The number of halogens is 1. The van der Waals surface area contributed by atoms with Gasteiger partial charge in [0.2, 0.25) is 10.0 Å². The molecule has 7 heteroatoms. The molecule has 0 amide bonds. The van der Waals surface area contributed by atoms with E-state index in [0.717, 1.165) is 18.2 Å². The number of hydrogen-bond donors (Lipinski definition) is 2. The van der Waals surface area contributed by atoms with Crippen LogP contribution >= 0.6 is 0 Å². The van der Waals surface area contributed by atoms with Gasteiger partial charge < -0.3 is 5.11 Å². The minimum Gasteiger partial charge on any atom is -0.478 e. The van der Waals surface area contributed by atoms with Gasteiger partial charge in [0.1, 0.15) is 5.82 Å². The molecule has 1 aromatic rings. The molecule has 0 unspecified atom stereocenters. The molecule has 1 aromatic carbocycles. The highest BCUT2D eigenvalue weighted by molar-refractivity contribution is 7.92. The summed E-state index contributed by atoms with van der Waals surface area (Å²) >= 11 is 0. The fourth-order valence-electron chi connectivity index (χ4n) is 1.40. The summed E-state index contributed by atoms with van der Waals surface area (Å²) in [5.41, 5.74) is 0.194. The molecule has 1 rings (SSSR count). The minimum absolute atomic E-state index is 0.000835. The number of hydrogen-bond acceptors (Lipinski definition) is 3. The first-order valence-electron chi connectivity index (χ1n) is 5.55. The standard InChI is InChI=1S/C12H14FNO4S/c1-2-7-19(17,18)14-10-4-5-11(13)9(8-10)3-6-12(15)16/h3-6,8,14H,2,7H2,1H3,(H,15,16)/b6-3+. The molecule has 0 fully saturated rings. The molecule has 0 heterocycles. The van der Waals surface area contributed by atoms with Gasteiger partial charge >= 0.3 is 5.97 Å². The first-order valence-corrected chi connectivity index (χ1v) is 7.20. The molecule has 0 saturated heterocycles. The third-order valence-corrected chi connectivity index (χ3v) is 3.64. The summed E-state index contributed by atoms with van der Waals surface area (Å²) < 4.78 is 38.8. The van der Waals surface area contributed by atoms with Crippen molar-refractivity contribution in [1.29, 1.82) is 0 Å². The smallest absolute Gasteiger partial charge is 0.328 e. The highest BCUT2D eigenvalue weighted by Crippen LogP contribution is 2.17. The summed E-state index contributed by atoms with van der Waals surface area (Å²) in [4.78, 5) is 10.4. The maximum atomic E-state index is 13.4. The monoisotopic (exact) mass is 287 g/mol. The van der Waals surface area contributed by atoms with Crippen molar-refractivity contribution in [2.75, 3.05) is 10.5 Å². The van der Waals surface area contributed by atoms with E-state index in [1.54, 1.807) is 6.92 Å². The third-order valence-electron chi connectivity index (χ3n) is 2.15. The Hall–Kier alpha value is -1.89. The van der Waals surface area contributed by atoms with Gasteiger partial charge in [-0.15, -0.1) is 0 Å². The SMILES string of the molecule is CCCS(=O)(=O)Nc1ccc(F)c(/C=C/C(=O)O)c1. The Balaban J connectivity index is 2.99. The lowest BCUT2D eigenvalue weighted by Crippen LogP contribution is -2.16. The number of rotatable bonds is 6. The van der Waals surface area contributed by atoms with Gasteiger partial charge in [-0.2, -0.15) is 0 Å². The second-order valence-electron chi connectivity index (χ2n) is 3.83. The molecule has 19 heavy (non-hydrogen) atoms. The van der Waals surface area contributed by atoms with Gasteiger partial charge in [0.25, 0.3) is 0 Å². The van der Waals surface area contributed by atoms with E-state index >= 15 is 0 Å². The zero-order valence-electron chi connectivity index (χ0n) is 10.3. The average molecular weight is 287 g/mol. The van der Waals surface area contributed by atoms with Crippen LogP contribution in [0.3, 0.4) is 0 Å². The normalized spacial score (nSPS) is 11.7. The van der Waals surface area contributed by atoms with Crippen molar-refractivity contribution >= 4 is 27.8 Å². The van der Waals surface area contributed by atoms with Gasteiger partial charge in [-0.1, -0.05) is 6.92 Å². The van der Waals surface area contributed by atoms with Crippen LogP contribution in [-0.4, -0.2) is 25.2 Å². The van der Waals surface area contributed by atoms with Crippen molar-refractivity contribution in [3.8, 4) is 0 Å². The van der Waals surface area contributed by atoms with Crippen LogP contribution in [0.15, 0.2) is 24.3 Å². The van der Waals surface area contributed by atoms with Crippen LogP contribution < -0.4 is 4.72 Å². The second-order valence-corrected chi connectivity index (χ2v) is 5.67. The van der Waals surface area contributed by atoms with Crippen LogP contribution in [0, 0.1) is 5.82 Å². The Morgan fingerprint density at radius 3 is 2.74 bits per heavy atom. The summed E-state index contributed by atoms with van der Waals surface area (Å²) in [6.45, 7) is 1.73. The maximum absolute atomic E-state index is 13.4. The molecule has 104 valence electrons. The molecule has 0 aromatic heterocycles. The second kappa shape index (κ2) is 6.33.